The van der Waals surface area contributed by atoms with Gasteiger partial charge in [-0.1, -0.05) is 18.2 Å². The first-order chi connectivity index (χ1) is 20.6. The van der Waals surface area contributed by atoms with Gasteiger partial charge in [0.25, 0.3) is 11.8 Å². The van der Waals surface area contributed by atoms with Gasteiger partial charge in [0.2, 0.25) is 11.8 Å². The Balaban J connectivity index is 1.18. The molecule has 43 heavy (non-hydrogen) atoms. The van der Waals surface area contributed by atoms with Crippen LogP contribution in [0.1, 0.15) is 56.3 Å². The van der Waals surface area contributed by atoms with Gasteiger partial charge in [-0.3, -0.25) is 29.4 Å². The Hall–Kier alpha value is -4.58. The largest absolute Gasteiger partial charge is 0.336 e. The van der Waals surface area contributed by atoms with Crippen molar-refractivity contribution in [2.75, 3.05) is 26.2 Å². The Morgan fingerprint density at radius 3 is 2.35 bits per heavy atom. The minimum atomic E-state index is -1.11. The van der Waals surface area contributed by atoms with Crippen LogP contribution in [0, 0.1) is 23.3 Å². The molecule has 3 aliphatic rings. The summed E-state index contributed by atoms with van der Waals surface area (Å²) < 4.78 is 56.9. The van der Waals surface area contributed by atoms with E-state index in [0.29, 0.717) is 16.7 Å². The first-order valence-electron chi connectivity index (χ1n) is 13.8. The predicted molar refractivity (Wildman–Crippen MR) is 145 cm³/mol. The Morgan fingerprint density at radius 1 is 0.860 bits per heavy atom. The number of halogens is 4. The number of benzene rings is 3. The summed E-state index contributed by atoms with van der Waals surface area (Å²) in [7, 11) is 0. The number of rotatable bonds is 5. The SMILES string of the molecule is O=C1CCC(N2Cc3cc(C(=O)N4CCN(C(c5ccc(F)c(F)c5)c5cccc(F)c5F)CC4)ccc3C2=O)C(=O)N1. The minimum Gasteiger partial charge on any atom is -0.336 e. The second-order valence-electron chi connectivity index (χ2n) is 10.8. The smallest absolute Gasteiger partial charge is 0.255 e. The summed E-state index contributed by atoms with van der Waals surface area (Å²) in [5, 5.41) is 2.26. The molecule has 0 radical (unpaired) electrons. The highest BCUT2D eigenvalue weighted by Gasteiger charge is 2.39. The normalized spacial score (nSPS) is 19.8. The van der Waals surface area contributed by atoms with Crippen LogP contribution >= 0.6 is 0 Å². The first-order valence-corrected chi connectivity index (χ1v) is 13.8. The van der Waals surface area contributed by atoms with Crippen LogP contribution in [-0.4, -0.2) is 70.5 Å². The van der Waals surface area contributed by atoms with E-state index in [4.69, 9.17) is 0 Å². The van der Waals surface area contributed by atoms with Gasteiger partial charge in [0, 0.05) is 55.8 Å². The molecular formula is C31H26F4N4O4. The lowest BCUT2D eigenvalue weighted by Gasteiger charge is -2.40. The summed E-state index contributed by atoms with van der Waals surface area (Å²) in [6, 6.07) is 9.99. The zero-order valence-electron chi connectivity index (χ0n) is 22.8. The minimum absolute atomic E-state index is 0.0327. The topological polar surface area (TPSA) is 90.0 Å². The molecule has 2 atom stereocenters. The molecule has 0 saturated carbocycles. The number of imide groups is 1. The van der Waals surface area contributed by atoms with Crippen molar-refractivity contribution in [2.45, 2.75) is 31.5 Å². The maximum atomic E-state index is 14.9. The standard InChI is InChI=1S/C31H26F4N4O4/c32-22-7-5-17(15-24(22)34)28(21-2-1-3-23(33)27(21)35)37-10-12-38(13-11-37)30(42)18-4-6-20-19(14-18)16-39(31(20)43)25-8-9-26(40)36-29(25)41/h1-7,14-15,25,28H,8-13,16H2,(H,36,40,41). The van der Waals surface area contributed by atoms with E-state index in [1.807, 2.05) is 0 Å². The lowest BCUT2D eigenvalue weighted by Crippen LogP contribution is -2.52. The number of carbonyl (C=O) groups is 4. The van der Waals surface area contributed by atoms with Crippen LogP contribution in [0.4, 0.5) is 17.6 Å². The molecule has 0 aliphatic carbocycles. The Labute approximate surface area is 243 Å². The quantitative estimate of drug-likeness (QED) is 0.361. The van der Waals surface area contributed by atoms with Gasteiger partial charge in [-0.2, -0.15) is 0 Å². The number of carbonyl (C=O) groups excluding carboxylic acids is 4. The molecule has 1 N–H and O–H groups in total. The summed E-state index contributed by atoms with van der Waals surface area (Å²) in [5.74, 6) is -5.86. The van der Waals surface area contributed by atoms with E-state index in [1.54, 1.807) is 28.0 Å². The van der Waals surface area contributed by atoms with E-state index in [1.165, 1.54) is 23.1 Å². The molecular weight excluding hydrogens is 568 g/mol. The van der Waals surface area contributed by atoms with Crippen molar-refractivity contribution in [2.24, 2.45) is 0 Å². The first kappa shape index (κ1) is 28.5. The highest BCUT2D eigenvalue weighted by Crippen LogP contribution is 2.34. The molecule has 2 unspecified atom stereocenters. The number of hydrogen-bond donors (Lipinski definition) is 1. The third-order valence-electron chi connectivity index (χ3n) is 8.27. The lowest BCUT2D eigenvalue weighted by molar-refractivity contribution is -0.136. The van der Waals surface area contributed by atoms with Gasteiger partial charge in [-0.15, -0.1) is 0 Å². The van der Waals surface area contributed by atoms with E-state index < -0.39 is 41.3 Å². The van der Waals surface area contributed by atoms with E-state index in [2.05, 4.69) is 5.32 Å². The number of piperazine rings is 1. The molecule has 3 aliphatic heterocycles. The fraction of sp³-hybridized carbons (Fsp3) is 0.290. The molecule has 3 heterocycles. The average Bonchev–Trinajstić information content (AvgIpc) is 3.32. The molecule has 0 spiro atoms. The number of nitrogens with zero attached hydrogens (tertiary/aromatic N) is 3. The van der Waals surface area contributed by atoms with Gasteiger partial charge in [0.05, 0.1) is 6.04 Å². The molecule has 8 nitrogen and oxygen atoms in total. The van der Waals surface area contributed by atoms with Crippen molar-refractivity contribution in [1.82, 2.24) is 20.0 Å². The van der Waals surface area contributed by atoms with Gasteiger partial charge in [-0.05, 0) is 53.9 Å². The Kier molecular flexibility index (Phi) is 7.47. The molecule has 2 fully saturated rings. The lowest BCUT2D eigenvalue weighted by atomic mass is 9.95. The maximum absolute atomic E-state index is 14.9. The van der Waals surface area contributed by atoms with Crippen LogP contribution in [0.5, 0.6) is 0 Å². The second kappa shape index (κ2) is 11.3. The highest BCUT2D eigenvalue weighted by atomic mass is 19.2. The molecule has 222 valence electrons. The van der Waals surface area contributed by atoms with E-state index >= 15 is 0 Å². The van der Waals surface area contributed by atoms with Crippen LogP contribution < -0.4 is 5.32 Å². The molecule has 2 saturated heterocycles. The number of fused-ring (bicyclic) bond motifs is 1. The number of nitrogens with one attached hydrogen (secondary N) is 1. The third-order valence-corrected chi connectivity index (χ3v) is 8.27. The molecule has 3 aromatic rings. The van der Waals surface area contributed by atoms with E-state index in [0.717, 1.165) is 18.2 Å². The number of amides is 4. The summed E-state index contributed by atoms with van der Waals surface area (Å²) in [5.41, 5.74) is 1.54. The fourth-order valence-corrected chi connectivity index (χ4v) is 6.07. The van der Waals surface area contributed by atoms with Crippen molar-refractivity contribution >= 4 is 23.6 Å². The van der Waals surface area contributed by atoms with Crippen molar-refractivity contribution in [3.05, 3.63) is 106 Å². The molecule has 0 bridgehead atoms. The third kappa shape index (κ3) is 5.27. The van der Waals surface area contributed by atoms with Gasteiger partial charge in [-0.25, -0.2) is 17.6 Å². The van der Waals surface area contributed by atoms with Crippen LogP contribution in [0.2, 0.25) is 0 Å². The van der Waals surface area contributed by atoms with Gasteiger partial charge in [0.1, 0.15) is 6.04 Å². The zero-order valence-corrected chi connectivity index (χ0v) is 22.8. The van der Waals surface area contributed by atoms with Crippen LogP contribution in [-0.2, 0) is 16.1 Å². The molecule has 3 aromatic carbocycles. The average molecular weight is 595 g/mol. The van der Waals surface area contributed by atoms with Crippen LogP contribution in [0.25, 0.3) is 0 Å². The van der Waals surface area contributed by atoms with Gasteiger partial charge < -0.3 is 9.80 Å². The molecule has 12 heteroatoms. The van der Waals surface area contributed by atoms with E-state index in [-0.39, 0.29) is 74.4 Å². The monoisotopic (exact) mass is 594 g/mol. The summed E-state index contributed by atoms with van der Waals surface area (Å²) in [6.07, 6.45) is 0.362. The summed E-state index contributed by atoms with van der Waals surface area (Å²) >= 11 is 0. The Morgan fingerprint density at radius 2 is 1.63 bits per heavy atom. The molecule has 4 amide bonds. The fourth-order valence-electron chi connectivity index (χ4n) is 6.07. The highest BCUT2D eigenvalue weighted by molar-refractivity contribution is 6.06. The predicted octanol–water partition coefficient (Wildman–Crippen LogP) is 3.55. The Bertz CT molecular complexity index is 1660. The molecule has 6 rings (SSSR count). The van der Waals surface area contributed by atoms with E-state index in [9.17, 15) is 36.7 Å². The van der Waals surface area contributed by atoms with Crippen molar-refractivity contribution in [3.8, 4) is 0 Å². The summed E-state index contributed by atoms with van der Waals surface area (Å²) in [6.45, 7) is 1.03. The second-order valence-corrected chi connectivity index (χ2v) is 10.8. The van der Waals surface area contributed by atoms with Gasteiger partial charge >= 0.3 is 0 Å². The van der Waals surface area contributed by atoms with Crippen LogP contribution in [0.15, 0.2) is 54.6 Å². The maximum Gasteiger partial charge on any atom is 0.255 e. The number of piperidine rings is 1. The van der Waals surface area contributed by atoms with Crippen molar-refractivity contribution in [1.29, 1.82) is 0 Å². The van der Waals surface area contributed by atoms with Crippen molar-refractivity contribution in [3.63, 3.8) is 0 Å². The van der Waals surface area contributed by atoms with Crippen LogP contribution in [0.3, 0.4) is 0 Å². The molecule has 0 aromatic heterocycles. The number of hydrogen-bond acceptors (Lipinski definition) is 5. The van der Waals surface area contributed by atoms with Crippen molar-refractivity contribution < 1.29 is 36.7 Å². The van der Waals surface area contributed by atoms with Gasteiger partial charge in [0.15, 0.2) is 23.3 Å². The zero-order chi connectivity index (χ0) is 30.4. The summed E-state index contributed by atoms with van der Waals surface area (Å²) in [4.78, 5) is 55.1.